The molecule has 0 saturated carbocycles. The van der Waals surface area contributed by atoms with Crippen LogP contribution in [-0.2, 0) is 40.0 Å². The van der Waals surface area contributed by atoms with Crippen LogP contribution in [0.2, 0.25) is 5.02 Å². The Morgan fingerprint density at radius 1 is 1.27 bits per heavy atom. The summed E-state index contributed by atoms with van der Waals surface area (Å²) in [4.78, 5) is 7.01. The van der Waals surface area contributed by atoms with Crippen molar-refractivity contribution in [3.63, 3.8) is 0 Å². The van der Waals surface area contributed by atoms with Gasteiger partial charge >= 0.3 is 0 Å². The number of guanidine groups is 1. The largest absolute Gasteiger partial charge is 0.357 e. The molecule has 0 bridgehead atoms. The lowest BCUT2D eigenvalue weighted by atomic mass is 10.1. The van der Waals surface area contributed by atoms with Crippen LogP contribution in [0.4, 0.5) is 0 Å². The van der Waals surface area contributed by atoms with E-state index in [1.807, 2.05) is 42.7 Å². The molecule has 0 atom stereocenters. The molecule has 0 amide bonds. The molecule has 2 heterocycles. The number of nitrogens with zero attached hydrogens (tertiary/aromatic N) is 5. The summed E-state index contributed by atoms with van der Waals surface area (Å²) in [5.41, 5.74) is 4.80. The molecule has 0 aliphatic heterocycles. The number of hydrogen-bond donors (Lipinski definition) is 1. The van der Waals surface area contributed by atoms with Crippen molar-refractivity contribution in [3.8, 4) is 0 Å². The lowest BCUT2D eigenvalue weighted by Crippen LogP contribution is -2.38. The van der Waals surface area contributed by atoms with Crippen LogP contribution in [-0.4, -0.2) is 38.8 Å². The zero-order valence-electron chi connectivity index (χ0n) is 16.8. The van der Waals surface area contributed by atoms with Crippen molar-refractivity contribution in [1.82, 2.24) is 24.6 Å². The molecular formula is C19H31ClN6. The number of rotatable bonds is 7. The van der Waals surface area contributed by atoms with Crippen LogP contribution in [0.25, 0.3) is 0 Å². The SMILES string of the molecule is CCNC(=NCc1c(CC)nn(C)c1CC)N(C)Cc1cc(Cl)cn1C. The van der Waals surface area contributed by atoms with E-state index in [1.165, 1.54) is 11.3 Å². The smallest absolute Gasteiger partial charge is 0.194 e. The first-order chi connectivity index (χ1) is 12.4. The lowest BCUT2D eigenvalue weighted by molar-refractivity contribution is 0.462. The Morgan fingerprint density at radius 2 is 2.00 bits per heavy atom. The van der Waals surface area contributed by atoms with Crippen LogP contribution >= 0.6 is 11.6 Å². The van der Waals surface area contributed by atoms with Gasteiger partial charge in [-0.1, -0.05) is 25.4 Å². The van der Waals surface area contributed by atoms with Gasteiger partial charge in [-0.3, -0.25) is 4.68 Å². The maximum atomic E-state index is 6.11. The normalized spacial score (nSPS) is 11.9. The zero-order chi connectivity index (χ0) is 19.3. The number of aliphatic imine (C=N–C) groups is 1. The molecular weight excluding hydrogens is 348 g/mol. The second kappa shape index (κ2) is 9.12. The predicted octanol–water partition coefficient (Wildman–Crippen LogP) is 3.13. The molecule has 2 aromatic rings. The van der Waals surface area contributed by atoms with Gasteiger partial charge in [0.25, 0.3) is 0 Å². The molecule has 2 rings (SSSR count). The molecule has 0 saturated heterocycles. The van der Waals surface area contributed by atoms with Gasteiger partial charge in [0, 0.05) is 50.8 Å². The molecule has 0 aliphatic carbocycles. The van der Waals surface area contributed by atoms with Gasteiger partial charge in [-0.2, -0.15) is 5.10 Å². The quantitative estimate of drug-likeness (QED) is 0.594. The van der Waals surface area contributed by atoms with E-state index in [0.717, 1.165) is 48.3 Å². The first-order valence-corrected chi connectivity index (χ1v) is 9.62. The minimum absolute atomic E-state index is 0.640. The Bertz CT molecular complexity index is 758. The number of halogens is 1. The summed E-state index contributed by atoms with van der Waals surface area (Å²) < 4.78 is 4.04. The van der Waals surface area contributed by atoms with E-state index in [1.54, 1.807) is 0 Å². The molecule has 0 spiro atoms. The van der Waals surface area contributed by atoms with Crippen molar-refractivity contribution in [2.24, 2.45) is 19.1 Å². The van der Waals surface area contributed by atoms with Gasteiger partial charge in [-0.25, -0.2) is 4.99 Å². The van der Waals surface area contributed by atoms with Crippen molar-refractivity contribution >= 4 is 17.6 Å². The molecule has 6 nitrogen and oxygen atoms in total. The molecule has 2 aromatic heterocycles. The molecule has 0 aliphatic rings. The number of aryl methyl sites for hydroxylation is 3. The van der Waals surface area contributed by atoms with Gasteiger partial charge in [-0.05, 0) is 25.8 Å². The topological polar surface area (TPSA) is 50.4 Å². The summed E-state index contributed by atoms with van der Waals surface area (Å²) in [6.07, 6.45) is 3.81. The minimum Gasteiger partial charge on any atom is -0.357 e. The highest BCUT2D eigenvalue weighted by Gasteiger charge is 2.15. The predicted molar refractivity (Wildman–Crippen MR) is 109 cm³/mol. The summed E-state index contributed by atoms with van der Waals surface area (Å²) in [5.74, 6) is 0.887. The van der Waals surface area contributed by atoms with E-state index in [2.05, 4.69) is 36.1 Å². The van der Waals surface area contributed by atoms with E-state index < -0.39 is 0 Å². The van der Waals surface area contributed by atoms with Gasteiger partial charge in [-0.15, -0.1) is 0 Å². The van der Waals surface area contributed by atoms with E-state index in [-0.39, 0.29) is 0 Å². The first-order valence-electron chi connectivity index (χ1n) is 9.24. The zero-order valence-corrected chi connectivity index (χ0v) is 17.6. The monoisotopic (exact) mass is 378 g/mol. The van der Waals surface area contributed by atoms with Crippen LogP contribution in [0.1, 0.15) is 43.4 Å². The van der Waals surface area contributed by atoms with E-state index in [9.17, 15) is 0 Å². The Balaban J connectivity index is 2.22. The second-order valence-electron chi connectivity index (χ2n) is 6.49. The van der Waals surface area contributed by atoms with Crippen molar-refractivity contribution in [3.05, 3.63) is 39.9 Å². The highest BCUT2D eigenvalue weighted by Crippen LogP contribution is 2.17. The Labute approximate surface area is 161 Å². The molecule has 0 radical (unpaired) electrons. The molecule has 0 unspecified atom stereocenters. The average Bonchev–Trinajstić information content (AvgIpc) is 3.08. The molecule has 1 N–H and O–H groups in total. The highest BCUT2D eigenvalue weighted by atomic mass is 35.5. The molecule has 26 heavy (non-hydrogen) atoms. The standard InChI is InChI=1S/C19H31ClN6/c1-7-17-16(18(8-2)26(6)23-17)11-22-19(21-9-3)25(5)13-15-10-14(20)12-24(15)4/h10,12H,7-9,11,13H2,1-6H3,(H,21,22). The van der Waals surface area contributed by atoms with Crippen LogP contribution in [0, 0.1) is 0 Å². The highest BCUT2D eigenvalue weighted by molar-refractivity contribution is 6.30. The summed E-state index contributed by atoms with van der Waals surface area (Å²) >= 11 is 6.11. The van der Waals surface area contributed by atoms with Crippen molar-refractivity contribution in [2.75, 3.05) is 13.6 Å². The number of nitrogens with one attached hydrogen (secondary N) is 1. The first kappa shape index (κ1) is 20.4. The maximum absolute atomic E-state index is 6.11. The maximum Gasteiger partial charge on any atom is 0.194 e. The summed E-state index contributed by atoms with van der Waals surface area (Å²) in [6.45, 7) is 8.60. The van der Waals surface area contributed by atoms with E-state index in [0.29, 0.717) is 6.54 Å². The Morgan fingerprint density at radius 3 is 2.54 bits per heavy atom. The van der Waals surface area contributed by atoms with E-state index in [4.69, 9.17) is 16.6 Å². The van der Waals surface area contributed by atoms with Crippen molar-refractivity contribution in [2.45, 2.75) is 46.7 Å². The summed E-state index contributed by atoms with van der Waals surface area (Å²) in [7, 11) is 6.07. The molecule has 0 fully saturated rings. The fourth-order valence-corrected chi connectivity index (χ4v) is 3.51. The van der Waals surface area contributed by atoms with Gasteiger partial charge in [0.15, 0.2) is 5.96 Å². The van der Waals surface area contributed by atoms with Crippen molar-refractivity contribution in [1.29, 1.82) is 0 Å². The van der Waals surface area contributed by atoms with Crippen molar-refractivity contribution < 1.29 is 0 Å². The van der Waals surface area contributed by atoms with E-state index >= 15 is 0 Å². The third-order valence-corrected chi connectivity index (χ3v) is 4.79. The molecule has 144 valence electrons. The Hall–Kier alpha value is -1.95. The Kier molecular flexibility index (Phi) is 7.14. The number of hydrogen-bond acceptors (Lipinski definition) is 2. The van der Waals surface area contributed by atoms with Crippen LogP contribution < -0.4 is 5.32 Å². The van der Waals surface area contributed by atoms with Gasteiger partial charge in [0.2, 0.25) is 0 Å². The third kappa shape index (κ3) is 4.61. The summed E-state index contributed by atoms with van der Waals surface area (Å²) in [5, 5.41) is 8.79. The van der Waals surface area contributed by atoms with Gasteiger partial charge < -0.3 is 14.8 Å². The third-order valence-electron chi connectivity index (χ3n) is 4.58. The average molecular weight is 379 g/mol. The fraction of sp³-hybridized carbons (Fsp3) is 0.579. The van der Waals surface area contributed by atoms with Crippen LogP contribution in [0.3, 0.4) is 0 Å². The molecule has 0 aromatic carbocycles. The summed E-state index contributed by atoms with van der Waals surface area (Å²) in [6, 6.07) is 1.99. The van der Waals surface area contributed by atoms with Crippen LogP contribution in [0.15, 0.2) is 17.3 Å². The lowest BCUT2D eigenvalue weighted by Gasteiger charge is -2.22. The fourth-order valence-electron chi connectivity index (χ4n) is 3.24. The van der Waals surface area contributed by atoms with Gasteiger partial charge in [0.1, 0.15) is 0 Å². The number of aromatic nitrogens is 3. The minimum atomic E-state index is 0.640. The van der Waals surface area contributed by atoms with Gasteiger partial charge in [0.05, 0.1) is 23.8 Å². The van der Waals surface area contributed by atoms with Crippen LogP contribution in [0.5, 0.6) is 0 Å². The second-order valence-corrected chi connectivity index (χ2v) is 6.93. The molecule has 7 heteroatoms.